The topological polar surface area (TPSA) is 34.1 Å². The van der Waals surface area contributed by atoms with E-state index in [1.165, 1.54) is 13.8 Å². The molecule has 0 saturated heterocycles. The molecule has 1 aromatic rings. The standard InChI is InChI=1S/C12H12Cl2O2/c1-7(15)12(8(2)16)5-9-3-10(13)6-11(14)4-9/h3-4,6,12H,5H2,1-2H3. The second-order valence-corrected chi connectivity index (χ2v) is 4.63. The highest BCUT2D eigenvalue weighted by atomic mass is 35.5. The summed E-state index contributed by atoms with van der Waals surface area (Å²) in [6, 6.07) is 5.04. The van der Waals surface area contributed by atoms with Crippen molar-refractivity contribution in [3.8, 4) is 0 Å². The van der Waals surface area contributed by atoms with Crippen molar-refractivity contribution in [3.63, 3.8) is 0 Å². The van der Waals surface area contributed by atoms with Crippen molar-refractivity contribution in [2.45, 2.75) is 20.3 Å². The third kappa shape index (κ3) is 3.62. The normalized spacial score (nSPS) is 10.6. The van der Waals surface area contributed by atoms with Crippen molar-refractivity contribution in [3.05, 3.63) is 33.8 Å². The van der Waals surface area contributed by atoms with Crippen LogP contribution in [0.3, 0.4) is 0 Å². The van der Waals surface area contributed by atoms with Crippen LogP contribution in [0.15, 0.2) is 18.2 Å². The maximum Gasteiger partial charge on any atom is 0.140 e. The van der Waals surface area contributed by atoms with Gasteiger partial charge in [0.15, 0.2) is 0 Å². The highest BCUT2D eigenvalue weighted by Gasteiger charge is 2.20. The van der Waals surface area contributed by atoms with Crippen molar-refractivity contribution in [2.75, 3.05) is 0 Å². The zero-order valence-electron chi connectivity index (χ0n) is 9.09. The average molecular weight is 259 g/mol. The second-order valence-electron chi connectivity index (χ2n) is 3.76. The molecule has 4 heteroatoms. The van der Waals surface area contributed by atoms with Crippen LogP contribution in [0.2, 0.25) is 10.0 Å². The Morgan fingerprint density at radius 3 is 1.88 bits per heavy atom. The lowest BCUT2D eigenvalue weighted by atomic mass is 9.93. The van der Waals surface area contributed by atoms with Crippen LogP contribution in [0.25, 0.3) is 0 Å². The van der Waals surface area contributed by atoms with Crippen molar-refractivity contribution in [1.29, 1.82) is 0 Å². The molecule has 0 fully saturated rings. The van der Waals surface area contributed by atoms with Gasteiger partial charge in [0.1, 0.15) is 11.6 Å². The third-order valence-corrected chi connectivity index (χ3v) is 2.78. The number of rotatable bonds is 4. The highest BCUT2D eigenvalue weighted by Crippen LogP contribution is 2.21. The number of Topliss-reactive ketones (excluding diaryl/α,β-unsaturated/α-hetero) is 2. The minimum Gasteiger partial charge on any atom is -0.299 e. The summed E-state index contributed by atoms with van der Waals surface area (Å²) in [6.45, 7) is 2.83. The molecule has 0 spiro atoms. The van der Waals surface area contributed by atoms with Gasteiger partial charge in [0.05, 0.1) is 5.92 Å². The van der Waals surface area contributed by atoms with E-state index in [1.807, 2.05) is 0 Å². The molecular formula is C12H12Cl2O2. The van der Waals surface area contributed by atoms with Crippen molar-refractivity contribution in [1.82, 2.24) is 0 Å². The molecule has 0 aliphatic carbocycles. The summed E-state index contributed by atoms with van der Waals surface area (Å²) in [7, 11) is 0. The summed E-state index contributed by atoms with van der Waals surface area (Å²) in [4.78, 5) is 22.5. The zero-order valence-corrected chi connectivity index (χ0v) is 10.6. The molecule has 2 nitrogen and oxygen atoms in total. The Hall–Kier alpha value is -0.860. The van der Waals surface area contributed by atoms with Gasteiger partial charge in [0.2, 0.25) is 0 Å². The lowest BCUT2D eigenvalue weighted by Crippen LogP contribution is -2.21. The summed E-state index contributed by atoms with van der Waals surface area (Å²) in [5.41, 5.74) is 0.799. The van der Waals surface area contributed by atoms with Crippen LogP contribution in [-0.2, 0) is 16.0 Å². The summed E-state index contributed by atoms with van der Waals surface area (Å²) >= 11 is 11.7. The monoisotopic (exact) mass is 258 g/mol. The van der Waals surface area contributed by atoms with Crippen LogP contribution >= 0.6 is 23.2 Å². The Morgan fingerprint density at radius 2 is 1.50 bits per heavy atom. The van der Waals surface area contributed by atoms with Gasteiger partial charge in [-0.25, -0.2) is 0 Å². The molecular weight excluding hydrogens is 247 g/mol. The maximum absolute atomic E-state index is 11.3. The first kappa shape index (κ1) is 13.2. The zero-order chi connectivity index (χ0) is 12.3. The van der Waals surface area contributed by atoms with Crippen LogP contribution in [0.1, 0.15) is 19.4 Å². The Morgan fingerprint density at radius 1 is 1.06 bits per heavy atom. The molecule has 0 heterocycles. The average Bonchev–Trinajstić information content (AvgIpc) is 2.11. The van der Waals surface area contributed by atoms with Gasteiger partial charge in [0.25, 0.3) is 0 Å². The third-order valence-electron chi connectivity index (χ3n) is 2.34. The molecule has 0 aliphatic heterocycles. The number of hydrogen-bond donors (Lipinski definition) is 0. The lowest BCUT2D eigenvalue weighted by Gasteiger charge is -2.10. The first-order valence-corrected chi connectivity index (χ1v) is 5.61. The van der Waals surface area contributed by atoms with Gasteiger partial charge in [-0.15, -0.1) is 0 Å². The fourth-order valence-electron chi connectivity index (χ4n) is 1.54. The molecule has 86 valence electrons. The lowest BCUT2D eigenvalue weighted by molar-refractivity contribution is -0.130. The summed E-state index contributed by atoms with van der Waals surface area (Å²) in [6.07, 6.45) is 0.352. The maximum atomic E-state index is 11.3. The largest absolute Gasteiger partial charge is 0.299 e. The Bertz CT molecular complexity index is 393. The fraction of sp³-hybridized carbons (Fsp3) is 0.333. The van der Waals surface area contributed by atoms with E-state index in [0.29, 0.717) is 16.5 Å². The molecule has 0 bridgehead atoms. The van der Waals surface area contributed by atoms with E-state index in [0.717, 1.165) is 5.56 Å². The number of carbonyl (C=O) groups excluding carboxylic acids is 2. The van der Waals surface area contributed by atoms with E-state index in [1.54, 1.807) is 18.2 Å². The molecule has 0 aromatic heterocycles. The van der Waals surface area contributed by atoms with Crippen molar-refractivity contribution >= 4 is 34.8 Å². The van der Waals surface area contributed by atoms with E-state index in [-0.39, 0.29) is 11.6 Å². The Balaban J connectivity index is 2.93. The van der Waals surface area contributed by atoms with Gasteiger partial charge in [-0.1, -0.05) is 23.2 Å². The molecule has 0 radical (unpaired) electrons. The predicted molar refractivity (Wildman–Crippen MR) is 65.0 cm³/mol. The van der Waals surface area contributed by atoms with E-state index >= 15 is 0 Å². The van der Waals surface area contributed by atoms with E-state index < -0.39 is 5.92 Å². The first-order chi connectivity index (χ1) is 7.40. The molecule has 0 aliphatic rings. The molecule has 0 N–H and O–H groups in total. The van der Waals surface area contributed by atoms with Gasteiger partial charge >= 0.3 is 0 Å². The molecule has 0 amide bonds. The number of halogens is 2. The highest BCUT2D eigenvalue weighted by molar-refractivity contribution is 6.34. The molecule has 1 rings (SSSR count). The smallest absolute Gasteiger partial charge is 0.140 e. The van der Waals surface area contributed by atoms with Crippen LogP contribution < -0.4 is 0 Å². The molecule has 0 unspecified atom stereocenters. The summed E-state index contributed by atoms with van der Waals surface area (Å²) in [5, 5.41) is 1.02. The van der Waals surface area contributed by atoms with Crippen LogP contribution in [-0.4, -0.2) is 11.6 Å². The number of hydrogen-bond acceptors (Lipinski definition) is 2. The van der Waals surface area contributed by atoms with Gasteiger partial charge in [-0.05, 0) is 44.0 Å². The summed E-state index contributed by atoms with van der Waals surface area (Å²) < 4.78 is 0. The minimum absolute atomic E-state index is 0.136. The number of ketones is 2. The molecule has 16 heavy (non-hydrogen) atoms. The van der Waals surface area contributed by atoms with Gasteiger partial charge in [-0.3, -0.25) is 9.59 Å². The van der Waals surface area contributed by atoms with Crippen LogP contribution in [0.4, 0.5) is 0 Å². The second kappa shape index (κ2) is 5.46. The number of benzene rings is 1. The summed E-state index contributed by atoms with van der Waals surface area (Å²) in [5.74, 6) is -0.873. The van der Waals surface area contributed by atoms with Crippen molar-refractivity contribution in [2.24, 2.45) is 5.92 Å². The molecule has 0 atom stereocenters. The minimum atomic E-state index is -0.602. The van der Waals surface area contributed by atoms with Gasteiger partial charge in [0, 0.05) is 10.0 Å². The predicted octanol–water partition coefficient (Wildman–Crippen LogP) is 3.33. The van der Waals surface area contributed by atoms with Gasteiger partial charge in [-0.2, -0.15) is 0 Å². The molecule has 1 aromatic carbocycles. The van der Waals surface area contributed by atoms with E-state index in [4.69, 9.17) is 23.2 Å². The molecule has 0 saturated carbocycles. The number of carbonyl (C=O) groups is 2. The van der Waals surface area contributed by atoms with Crippen LogP contribution in [0.5, 0.6) is 0 Å². The quantitative estimate of drug-likeness (QED) is 0.777. The van der Waals surface area contributed by atoms with E-state index in [2.05, 4.69) is 0 Å². The Kier molecular flexibility index (Phi) is 4.51. The SMILES string of the molecule is CC(=O)C(Cc1cc(Cl)cc(Cl)c1)C(C)=O. The van der Waals surface area contributed by atoms with E-state index in [9.17, 15) is 9.59 Å². The first-order valence-electron chi connectivity index (χ1n) is 4.86. The van der Waals surface area contributed by atoms with Gasteiger partial charge < -0.3 is 0 Å². The van der Waals surface area contributed by atoms with Crippen molar-refractivity contribution < 1.29 is 9.59 Å². The fourth-order valence-corrected chi connectivity index (χ4v) is 2.11. The van der Waals surface area contributed by atoms with Crippen LogP contribution in [0, 0.1) is 5.92 Å². The Labute approximate surface area is 105 Å².